The van der Waals surface area contributed by atoms with Crippen LogP contribution in [0.15, 0.2) is 12.1 Å². The predicted molar refractivity (Wildman–Crippen MR) is 55.0 cm³/mol. The minimum atomic E-state index is 0.553. The second-order valence-corrected chi connectivity index (χ2v) is 3.20. The standard InChI is InChI=1S/C10H14N2O3/c1-13-8-4-7(6-12-11)5-9-10(8)15-3-2-14-9/h4-5,12H,2-3,6,11H2,1H3. The smallest absolute Gasteiger partial charge is 0.203 e. The number of nitrogens with two attached hydrogens (primary N) is 1. The molecule has 0 atom stereocenters. The molecule has 0 fully saturated rings. The van der Waals surface area contributed by atoms with Crippen molar-refractivity contribution in [2.75, 3.05) is 20.3 Å². The maximum atomic E-state index is 5.48. The van der Waals surface area contributed by atoms with Gasteiger partial charge in [0.15, 0.2) is 11.5 Å². The molecule has 0 spiro atoms. The number of methoxy groups -OCH3 is 1. The number of nitrogens with one attached hydrogen (secondary N) is 1. The highest BCUT2D eigenvalue weighted by Gasteiger charge is 2.17. The monoisotopic (exact) mass is 210 g/mol. The molecule has 5 heteroatoms. The molecule has 0 aromatic heterocycles. The van der Waals surface area contributed by atoms with Crippen molar-refractivity contribution >= 4 is 0 Å². The number of hydrogen-bond acceptors (Lipinski definition) is 5. The van der Waals surface area contributed by atoms with Gasteiger partial charge in [-0.2, -0.15) is 0 Å². The number of hydrazine groups is 1. The van der Waals surface area contributed by atoms with Crippen molar-refractivity contribution in [1.82, 2.24) is 5.43 Å². The van der Waals surface area contributed by atoms with E-state index in [2.05, 4.69) is 5.43 Å². The van der Waals surface area contributed by atoms with Gasteiger partial charge >= 0.3 is 0 Å². The minimum absolute atomic E-state index is 0.553. The van der Waals surface area contributed by atoms with Crippen molar-refractivity contribution in [3.8, 4) is 17.2 Å². The van der Waals surface area contributed by atoms with Crippen LogP contribution >= 0.6 is 0 Å². The minimum Gasteiger partial charge on any atom is -0.493 e. The molecule has 1 aliphatic heterocycles. The van der Waals surface area contributed by atoms with Crippen molar-refractivity contribution in [1.29, 1.82) is 0 Å². The van der Waals surface area contributed by atoms with Crippen molar-refractivity contribution in [2.45, 2.75) is 6.54 Å². The van der Waals surface area contributed by atoms with Gasteiger partial charge in [0.1, 0.15) is 13.2 Å². The Balaban J connectivity index is 2.38. The average molecular weight is 210 g/mol. The van der Waals surface area contributed by atoms with Crippen molar-refractivity contribution in [3.05, 3.63) is 17.7 Å². The Morgan fingerprint density at radius 1 is 1.40 bits per heavy atom. The van der Waals surface area contributed by atoms with Gasteiger partial charge in [-0.1, -0.05) is 0 Å². The maximum absolute atomic E-state index is 5.48. The zero-order valence-corrected chi connectivity index (χ0v) is 8.58. The van der Waals surface area contributed by atoms with Gasteiger partial charge in [-0.3, -0.25) is 11.3 Å². The lowest BCUT2D eigenvalue weighted by Crippen LogP contribution is -2.21. The maximum Gasteiger partial charge on any atom is 0.203 e. The molecule has 0 amide bonds. The lowest BCUT2D eigenvalue weighted by Gasteiger charge is -2.21. The van der Waals surface area contributed by atoms with Gasteiger partial charge < -0.3 is 14.2 Å². The molecule has 1 heterocycles. The predicted octanol–water partition coefficient (Wildman–Crippen LogP) is 0.430. The fourth-order valence-electron chi connectivity index (χ4n) is 1.55. The third-order valence-corrected chi connectivity index (χ3v) is 2.19. The van der Waals surface area contributed by atoms with Gasteiger partial charge in [-0.25, -0.2) is 0 Å². The van der Waals surface area contributed by atoms with Crippen molar-refractivity contribution in [3.63, 3.8) is 0 Å². The van der Waals surface area contributed by atoms with Crippen LogP contribution in [0.2, 0.25) is 0 Å². The summed E-state index contributed by atoms with van der Waals surface area (Å²) < 4.78 is 16.2. The molecule has 0 radical (unpaired) electrons. The first-order valence-corrected chi connectivity index (χ1v) is 4.75. The third-order valence-electron chi connectivity index (χ3n) is 2.19. The van der Waals surface area contributed by atoms with Crippen LogP contribution in [0.4, 0.5) is 0 Å². The molecule has 0 bridgehead atoms. The summed E-state index contributed by atoms with van der Waals surface area (Å²) in [6.45, 7) is 1.68. The van der Waals surface area contributed by atoms with E-state index in [0.717, 1.165) is 5.56 Å². The van der Waals surface area contributed by atoms with Gasteiger partial charge in [0.2, 0.25) is 5.75 Å². The number of benzene rings is 1. The molecule has 15 heavy (non-hydrogen) atoms. The van der Waals surface area contributed by atoms with Gasteiger partial charge in [-0.15, -0.1) is 0 Å². The van der Waals surface area contributed by atoms with E-state index in [4.69, 9.17) is 20.1 Å². The molecule has 1 aromatic rings. The molecule has 0 saturated heterocycles. The molecule has 82 valence electrons. The molecule has 3 N–H and O–H groups in total. The first-order valence-electron chi connectivity index (χ1n) is 4.75. The average Bonchev–Trinajstić information content (AvgIpc) is 2.28. The Morgan fingerprint density at radius 3 is 2.93 bits per heavy atom. The topological polar surface area (TPSA) is 65.7 Å². The fraction of sp³-hybridized carbons (Fsp3) is 0.400. The summed E-state index contributed by atoms with van der Waals surface area (Å²) in [5.74, 6) is 7.33. The summed E-state index contributed by atoms with van der Waals surface area (Å²) >= 11 is 0. The van der Waals surface area contributed by atoms with Crippen molar-refractivity contribution < 1.29 is 14.2 Å². The Labute approximate surface area is 88.1 Å². The highest BCUT2D eigenvalue weighted by Crippen LogP contribution is 2.40. The van der Waals surface area contributed by atoms with Gasteiger partial charge in [0, 0.05) is 6.54 Å². The lowest BCUT2D eigenvalue weighted by atomic mass is 10.1. The van der Waals surface area contributed by atoms with Crippen LogP contribution in [0, 0.1) is 0 Å². The summed E-state index contributed by atoms with van der Waals surface area (Å²) in [6, 6.07) is 3.78. The summed E-state index contributed by atoms with van der Waals surface area (Å²) in [7, 11) is 1.60. The summed E-state index contributed by atoms with van der Waals surface area (Å²) in [5.41, 5.74) is 3.59. The highest BCUT2D eigenvalue weighted by molar-refractivity contribution is 5.54. The normalized spacial score (nSPS) is 13.7. The first-order chi connectivity index (χ1) is 7.35. The Hall–Kier alpha value is -1.46. The zero-order chi connectivity index (χ0) is 10.7. The van der Waals surface area contributed by atoms with Gasteiger partial charge in [0.25, 0.3) is 0 Å². The Kier molecular flexibility index (Phi) is 2.94. The Bertz CT molecular complexity index is 338. The number of hydrogen-bond donors (Lipinski definition) is 2. The number of rotatable bonds is 3. The van der Waals surface area contributed by atoms with E-state index in [9.17, 15) is 0 Å². The Morgan fingerprint density at radius 2 is 2.20 bits per heavy atom. The molecule has 1 aromatic carbocycles. The number of ether oxygens (including phenoxy) is 3. The SMILES string of the molecule is COc1cc(CNN)cc2c1OCCO2. The van der Waals surface area contributed by atoms with Crippen LogP contribution in [0.3, 0.4) is 0 Å². The summed E-state index contributed by atoms with van der Waals surface area (Å²) in [5, 5.41) is 0. The van der Waals surface area contributed by atoms with Crippen molar-refractivity contribution in [2.24, 2.45) is 5.84 Å². The van der Waals surface area contributed by atoms with Crippen LogP contribution in [-0.4, -0.2) is 20.3 Å². The third kappa shape index (κ3) is 1.98. The van der Waals surface area contributed by atoms with E-state index in [0.29, 0.717) is 37.0 Å². The first kappa shape index (κ1) is 10.1. The quantitative estimate of drug-likeness (QED) is 0.559. The highest BCUT2D eigenvalue weighted by atomic mass is 16.6. The molecule has 0 unspecified atom stereocenters. The molecule has 1 aliphatic rings. The zero-order valence-electron chi connectivity index (χ0n) is 8.58. The van der Waals surface area contributed by atoms with Crippen LogP contribution in [0.1, 0.15) is 5.56 Å². The molecular weight excluding hydrogens is 196 g/mol. The molecule has 2 rings (SSSR count). The summed E-state index contributed by atoms with van der Waals surface area (Å²) in [6.07, 6.45) is 0. The largest absolute Gasteiger partial charge is 0.493 e. The van der Waals surface area contributed by atoms with Gasteiger partial charge in [-0.05, 0) is 17.7 Å². The van der Waals surface area contributed by atoms with E-state index < -0.39 is 0 Å². The number of fused-ring (bicyclic) bond motifs is 1. The molecule has 0 aliphatic carbocycles. The molecular formula is C10H14N2O3. The van der Waals surface area contributed by atoms with Crippen LogP contribution in [-0.2, 0) is 6.54 Å². The molecule has 5 nitrogen and oxygen atoms in total. The van der Waals surface area contributed by atoms with Crippen LogP contribution in [0.25, 0.3) is 0 Å². The molecule has 0 saturated carbocycles. The van der Waals surface area contributed by atoms with E-state index in [1.165, 1.54) is 0 Å². The second-order valence-electron chi connectivity index (χ2n) is 3.20. The van der Waals surface area contributed by atoms with Gasteiger partial charge in [0.05, 0.1) is 7.11 Å². The fourth-order valence-corrected chi connectivity index (χ4v) is 1.55. The van der Waals surface area contributed by atoms with E-state index >= 15 is 0 Å². The van der Waals surface area contributed by atoms with Crippen LogP contribution in [0.5, 0.6) is 17.2 Å². The van der Waals surface area contributed by atoms with E-state index in [1.54, 1.807) is 7.11 Å². The summed E-state index contributed by atoms with van der Waals surface area (Å²) in [4.78, 5) is 0. The van der Waals surface area contributed by atoms with Crippen LogP contribution < -0.4 is 25.5 Å². The second kappa shape index (κ2) is 4.37. The lowest BCUT2D eigenvalue weighted by molar-refractivity contribution is 0.165. The van der Waals surface area contributed by atoms with E-state index in [1.807, 2.05) is 12.1 Å². The van der Waals surface area contributed by atoms with E-state index in [-0.39, 0.29) is 0 Å².